The van der Waals surface area contributed by atoms with E-state index >= 15 is 0 Å². The molecule has 0 spiro atoms. The fourth-order valence-electron chi connectivity index (χ4n) is 1.59. The summed E-state index contributed by atoms with van der Waals surface area (Å²) < 4.78 is 24.1. The fraction of sp³-hybridized carbons (Fsp3) is 0.182. The quantitative estimate of drug-likeness (QED) is 0.853. The van der Waals surface area contributed by atoms with Crippen LogP contribution in [-0.2, 0) is 0 Å². The van der Waals surface area contributed by atoms with E-state index in [1.165, 1.54) is 26.5 Å². The molecule has 1 aromatic carbocycles. The Morgan fingerprint density at radius 3 is 2.59 bits per heavy atom. The van der Waals surface area contributed by atoms with Crippen LogP contribution in [-0.4, -0.2) is 24.4 Å². The molecule has 0 saturated heterocycles. The third-order valence-corrected chi connectivity index (χ3v) is 2.42. The van der Waals surface area contributed by atoms with Crippen LogP contribution in [0.25, 0.3) is 11.1 Å². The van der Waals surface area contributed by atoms with Crippen molar-refractivity contribution >= 4 is 5.82 Å². The van der Waals surface area contributed by atoms with Gasteiger partial charge in [-0.2, -0.15) is 5.10 Å². The summed E-state index contributed by atoms with van der Waals surface area (Å²) in [5.41, 5.74) is 6.39. The average Bonchev–Trinajstić information content (AvgIpc) is 2.74. The second-order valence-corrected chi connectivity index (χ2v) is 3.38. The Bertz CT molecular complexity index is 540. The lowest BCUT2D eigenvalue weighted by molar-refractivity contribution is 0.390. The molecule has 90 valence electrons. The number of nitrogens with zero attached hydrogens (tertiary/aromatic N) is 1. The molecule has 6 heteroatoms. The number of benzene rings is 1. The maximum Gasteiger partial charge on any atom is 0.138 e. The summed E-state index contributed by atoms with van der Waals surface area (Å²) in [5, 5.41) is 6.30. The smallest absolute Gasteiger partial charge is 0.138 e. The zero-order valence-corrected chi connectivity index (χ0v) is 9.45. The number of hydrogen-bond donors (Lipinski definition) is 2. The Labute approximate surface area is 97.3 Å². The number of H-pyrrole nitrogens is 1. The predicted octanol–water partition coefficient (Wildman–Crippen LogP) is 1.82. The molecule has 3 N–H and O–H groups in total. The van der Waals surface area contributed by atoms with Crippen LogP contribution in [0.3, 0.4) is 0 Å². The molecule has 0 amide bonds. The Hall–Kier alpha value is -2.24. The molecule has 0 saturated carbocycles. The van der Waals surface area contributed by atoms with Crippen molar-refractivity contribution in [3.8, 4) is 22.6 Å². The lowest BCUT2D eigenvalue weighted by atomic mass is 10.1. The van der Waals surface area contributed by atoms with E-state index < -0.39 is 5.82 Å². The molecule has 0 fully saturated rings. The second-order valence-electron chi connectivity index (χ2n) is 3.38. The van der Waals surface area contributed by atoms with E-state index in [4.69, 9.17) is 15.2 Å². The van der Waals surface area contributed by atoms with E-state index in [-0.39, 0.29) is 11.4 Å². The van der Waals surface area contributed by atoms with E-state index in [2.05, 4.69) is 10.2 Å². The number of nitrogen functional groups attached to an aromatic ring is 1. The molecule has 0 unspecified atom stereocenters. The topological polar surface area (TPSA) is 73.2 Å². The summed E-state index contributed by atoms with van der Waals surface area (Å²) in [6.07, 6.45) is 1.45. The van der Waals surface area contributed by atoms with Gasteiger partial charge in [-0.3, -0.25) is 5.10 Å². The molecule has 0 radical (unpaired) electrons. The number of hydrogen-bond acceptors (Lipinski definition) is 4. The van der Waals surface area contributed by atoms with Crippen LogP contribution < -0.4 is 15.2 Å². The van der Waals surface area contributed by atoms with Crippen molar-refractivity contribution in [2.45, 2.75) is 0 Å². The monoisotopic (exact) mass is 237 g/mol. The molecule has 0 atom stereocenters. The number of methoxy groups -OCH3 is 2. The normalized spacial score (nSPS) is 10.3. The molecule has 1 aromatic heterocycles. The van der Waals surface area contributed by atoms with E-state index in [1.807, 2.05) is 0 Å². The minimum atomic E-state index is -0.477. The highest BCUT2D eigenvalue weighted by atomic mass is 19.1. The molecule has 1 heterocycles. The van der Waals surface area contributed by atoms with E-state index in [1.54, 1.807) is 6.07 Å². The SMILES string of the molecule is COc1cc(F)c(-c2cn[nH]c2N)c(OC)c1. The van der Waals surface area contributed by atoms with Crippen LogP contribution in [0.1, 0.15) is 0 Å². The van der Waals surface area contributed by atoms with E-state index in [0.29, 0.717) is 17.1 Å². The standard InChI is InChI=1S/C11H12FN3O2/c1-16-6-3-8(12)10(9(4-6)17-2)7-5-14-15-11(7)13/h3-5H,1-2H3,(H3,13,14,15). The number of aromatic amines is 1. The van der Waals surface area contributed by atoms with Gasteiger partial charge >= 0.3 is 0 Å². The van der Waals surface area contributed by atoms with Crippen molar-refractivity contribution in [2.75, 3.05) is 20.0 Å². The molecule has 2 aromatic rings. The highest BCUT2D eigenvalue weighted by Crippen LogP contribution is 2.37. The first-order valence-electron chi connectivity index (χ1n) is 4.88. The molecular weight excluding hydrogens is 225 g/mol. The number of aromatic nitrogens is 2. The summed E-state index contributed by atoms with van der Waals surface area (Å²) in [7, 11) is 2.91. The summed E-state index contributed by atoms with van der Waals surface area (Å²) in [6, 6.07) is 2.86. The highest BCUT2D eigenvalue weighted by molar-refractivity contribution is 5.79. The third kappa shape index (κ3) is 1.89. The number of nitrogens with two attached hydrogens (primary N) is 1. The summed E-state index contributed by atoms with van der Waals surface area (Å²) in [5.74, 6) is 0.529. The minimum Gasteiger partial charge on any atom is -0.497 e. The number of halogens is 1. The summed E-state index contributed by atoms with van der Waals surface area (Å²) in [6.45, 7) is 0. The van der Waals surface area contributed by atoms with Crippen molar-refractivity contribution in [1.29, 1.82) is 0 Å². The first kappa shape index (κ1) is 11.3. The fourth-order valence-corrected chi connectivity index (χ4v) is 1.59. The number of anilines is 1. The summed E-state index contributed by atoms with van der Waals surface area (Å²) >= 11 is 0. The molecule has 0 aliphatic rings. The van der Waals surface area contributed by atoms with Crippen molar-refractivity contribution in [3.63, 3.8) is 0 Å². The predicted molar refractivity (Wildman–Crippen MR) is 61.5 cm³/mol. The maximum atomic E-state index is 14.0. The average molecular weight is 237 g/mol. The van der Waals surface area contributed by atoms with Crippen molar-refractivity contribution in [1.82, 2.24) is 10.2 Å². The van der Waals surface area contributed by atoms with Gasteiger partial charge in [0.2, 0.25) is 0 Å². The molecule has 0 aliphatic carbocycles. The molecular formula is C11H12FN3O2. The van der Waals surface area contributed by atoms with Gasteiger partial charge in [-0.1, -0.05) is 0 Å². The zero-order chi connectivity index (χ0) is 12.4. The Kier molecular flexibility index (Phi) is 2.86. The Morgan fingerprint density at radius 1 is 1.29 bits per heavy atom. The highest BCUT2D eigenvalue weighted by Gasteiger charge is 2.17. The van der Waals surface area contributed by atoms with E-state index in [9.17, 15) is 4.39 Å². The van der Waals surface area contributed by atoms with Crippen LogP contribution in [0, 0.1) is 5.82 Å². The molecule has 2 rings (SSSR count). The lowest BCUT2D eigenvalue weighted by Gasteiger charge is -2.11. The number of nitrogens with one attached hydrogen (secondary N) is 1. The molecule has 0 aliphatic heterocycles. The lowest BCUT2D eigenvalue weighted by Crippen LogP contribution is -1.96. The Morgan fingerprint density at radius 2 is 2.06 bits per heavy atom. The van der Waals surface area contributed by atoms with Gasteiger partial charge in [0, 0.05) is 12.1 Å². The largest absolute Gasteiger partial charge is 0.497 e. The van der Waals surface area contributed by atoms with Gasteiger partial charge in [-0.15, -0.1) is 0 Å². The van der Waals surface area contributed by atoms with Gasteiger partial charge < -0.3 is 15.2 Å². The first-order valence-corrected chi connectivity index (χ1v) is 4.88. The zero-order valence-electron chi connectivity index (χ0n) is 9.45. The summed E-state index contributed by atoms with van der Waals surface area (Å²) in [4.78, 5) is 0. The van der Waals surface area contributed by atoms with Crippen LogP contribution in [0.4, 0.5) is 10.2 Å². The molecule has 17 heavy (non-hydrogen) atoms. The van der Waals surface area contributed by atoms with Gasteiger partial charge in [0.1, 0.15) is 23.1 Å². The van der Waals surface area contributed by atoms with Gasteiger partial charge in [0.25, 0.3) is 0 Å². The van der Waals surface area contributed by atoms with Gasteiger partial charge in [-0.05, 0) is 0 Å². The van der Waals surface area contributed by atoms with Crippen molar-refractivity contribution in [3.05, 3.63) is 24.1 Å². The van der Waals surface area contributed by atoms with Gasteiger partial charge in [-0.25, -0.2) is 4.39 Å². The minimum absolute atomic E-state index is 0.263. The third-order valence-electron chi connectivity index (χ3n) is 2.42. The van der Waals surface area contributed by atoms with Crippen LogP contribution >= 0.6 is 0 Å². The van der Waals surface area contributed by atoms with E-state index in [0.717, 1.165) is 0 Å². The molecule has 5 nitrogen and oxygen atoms in total. The number of rotatable bonds is 3. The second kappa shape index (κ2) is 4.32. The van der Waals surface area contributed by atoms with Crippen molar-refractivity contribution < 1.29 is 13.9 Å². The van der Waals surface area contributed by atoms with Crippen LogP contribution in [0.5, 0.6) is 11.5 Å². The maximum absolute atomic E-state index is 14.0. The van der Waals surface area contributed by atoms with Crippen molar-refractivity contribution in [2.24, 2.45) is 0 Å². The first-order chi connectivity index (χ1) is 8.17. The Balaban J connectivity index is 2.65. The van der Waals surface area contributed by atoms with Crippen LogP contribution in [0.15, 0.2) is 18.3 Å². The van der Waals surface area contributed by atoms with Crippen LogP contribution in [0.2, 0.25) is 0 Å². The number of ether oxygens (including phenoxy) is 2. The van der Waals surface area contributed by atoms with Gasteiger partial charge in [0.05, 0.1) is 31.5 Å². The van der Waals surface area contributed by atoms with Gasteiger partial charge in [0.15, 0.2) is 0 Å². The molecule has 0 bridgehead atoms.